The lowest BCUT2D eigenvalue weighted by atomic mass is 10.0. The quantitative estimate of drug-likeness (QED) is 0.738. The van der Waals surface area contributed by atoms with Gasteiger partial charge >= 0.3 is 0 Å². The maximum atomic E-state index is 6.09. The van der Waals surface area contributed by atoms with Crippen LogP contribution in [-0.4, -0.2) is 18.6 Å². The molecule has 1 heterocycles. The molecule has 0 spiro atoms. The SMILES string of the molecule is CNN1CCc2c(Cl)cccc2C1. The number of nitrogens with zero attached hydrogens (tertiary/aromatic N) is 1. The molecule has 1 aliphatic rings. The lowest BCUT2D eigenvalue weighted by Gasteiger charge is -2.28. The smallest absolute Gasteiger partial charge is 0.0441 e. The maximum Gasteiger partial charge on any atom is 0.0441 e. The third kappa shape index (κ3) is 1.70. The van der Waals surface area contributed by atoms with Crippen molar-refractivity contribution in [3.05, 3.63) is 34.3 Å². The van der Waals surface area contributed by atoms with Gasteiger partial charge in [0.15, 0.2) is 0 Å². The molecule has 0 bridgehead atoms. The number of hydrogen-bond acceptors (Lipinski definition) is 2. The number of benzene rings is 1. The van der Waals surface area contributed by atoms with Gasteiger partial charge in [-0.25, -0.2) is 5.01 Å². The minimum atomic E-state index is 0.910. The Bertz CT molecular complexity index is 312. The summed E-state index contributed by atoms with van der Waals surface area (Å²) in [6.45, 7) is 1.99. The molecule has 0 aromatic heterocycles. The van der Waals surface area contributed by atoms with E-state index in [4.69, 9.17) is 11.6 Å². The van der Waals surface area contributed by atoms with Crippen LogP contribution in [0.5, 0.6) is 0 Å². The Labute approximate surface area is 83.5 Å². The number of hydrazine groups is 1. The summed E-state index contributed by atoms with van der Waals surface area (Å²) in [7, 11) is 1.95. The molecule has 0 aliphatic carbocycles. The Morgan fingerprint density at radius 2 is 2.31 bits per heavy atom. The second-order valence-electron chi connectivity index (χ2n) is 3.27. The van der Waals surface area contributed by atoms with E-state index >= 15 is 0 Å². The van der Waals surface area contributed by atoms with Gasteiger partial charge in [-0.3, -0.25) is 5.43 Å². The zero-order chi connectivity index (χ0) is 9.26. The largest absolute Gasteiger partial charge is 0.258 e. The van der Waals surface area contributed by atoms with Crippen molar-refractivity contribution < 1.29 is 0 Å². The zero-order valence-corrected chi connectivity index (χ0v) is 8.43. The molecule has 1 aliphatic heterocycles. The highest BCUT2D eigenvalue weighted by atomic mass is 35.5. The molecule has 0 atom stereocenters. The molecule has 1 N–H and O–H groups in total. The first-order valence-electron chi connectivity index (χ1n) is 4.50. The van der Waals surface area contributed by atoms with E-state index < -0.39 is 0 Å². The highest BCUT2D eigenvalue weighted by Crippen LogP contribution is 2.24. The Balaban J connectivity index is 2.31. The normalized spacial score (nSPS) is 17.1. The molecule has 13 heavy (non-hydrogen) atoms. The molecule has 0 radical (unpaired) electrons. The van der Waals surface area contributed by atoms with E-state index in [9.17, 15) is 0 Å². The summed E-state index contributed by atoms with van der Waals surface area (Å²) in [5.74, 6) is 0. The molecule has 0 saturated carbocycles. The van der Waals surface area contributed by atoms with Crippen LogP contribution >= 0.6 is 11.6 Å². The molecule has 2 rings (SSSR count). The summed E-state index contributed by atoms with van der Waals surface area (Å²) in [4.78, 5) is 0. The lowest BCUT2D eigenvalue weighted by Crippen LogP contribution is -2.39. The van der Waals surface area contributed by atoms with Crippen molar-refractivity contribution in [3.8, 4) is 0 Å². The second-order valence-corrected chi connectivity index (χ2v) is 3.68. The predicted octanol–water partition coefficient (Wildman–Crippen LogP) is 1.83. The first kappa shape index (κ1) is 9.00. The van der Waals surface area contributed by atoms with Gasteiger partial charge in [0.05, 0.1) is 0 Å². The van der Waals surface area contributed by atoms with E-state index in [0.717, 1.165) is 24.5 Å². The molecular weight excluding hydrogens is 184 g/mol. The van der Waals surface area contributed by atoms with Gasteiger partial charge in [0, 0.05) is 18.1 Å². The Kier molecular flexibility index (Phi) is 2.54. The van der Waals surface area contributed by atoms with E-state index in [0.29, 0.717) is 0 Å². The van der Waals surface area contributed by atoms with Gasteiger partial charge in [-0.1, -0.05) is 23.7 Å². The van der Waals surface area contributed by atoms with Gasteiger partial charge in [-0.05, 0) is 30.7 Å². The molecule has 1 aromatic rings. The molecule has 3 heteroatoms. The van der Waals surface area contributed by atoms with E-state index in [2.05, 4.69) is 16.5 Å². The number of fused-ring (bicyclic) bond motifs is 1. The first-order valence-corrected chi connectivity index (χ1v) is 4.87. The fourth-order valence-corrected chi connectivity index (χ4v) is 2.04. The van der Waals surface area contributed by atoms with E-state index in [-0.39, 0.29) is 0 Å². The first-order chi connectivity index (χ1) is 6.31. The third-order valence-corrected chi connectivity index (χ3v) is 2.88. The Morgan fingerprint density at radius 3 is 3.08 bits per heavy atom. The van der Waals surface area contributed by atoms with Gasteiger partial charge < -0.3 is 0 Å². The number of rotatable bonds is 1. The molecule has 0 saturated heterocycles. The Hall–Kier alpha value is -0.570. The average Bonchev–Trinajstić information content (AvgIpc) is 2.18. The van der Waals surface area contributed by atoms with Crippen molar-refractivity contribution in [1.29, 1.82) is 0 Å². The van der Waals surface area contributed by atoms with E-state index in [1.807, 2.05) is 19.2 Å². The van der Waals surface area contributed by atoms with Crippen molar-refractivity contribution in [2.45, 2.75) is 13.0 Å². The maximum absolute atomic E-state index is 6.09. The Morgan fingerprint density at radius 1 is 1.46 bits per heavy atom. The second kappa shape index (κ2) is 3.66. The average molecular weight is 197 g/mol. The van der Waals surface area contributed by atoms with Crippen LogP contribution in [0.3, 0.4) is 0 Å². The molecular formula is C10H13ClN2. The van der Waals surface area contributed by atoms with E-state index in [1.54, 1.807) is 0 Å². The van der Waals surface area contributed by atoms with Gasteiger partial charge in [0.25, 0.3) is 0 Å². The summed E-state index contributed by atoms with van der Waals surface area (Å²) >= 11 is 6.09. The van der Waals surface area contributed by atoms with Crippen molar-refractivity contribution in [1.82, 2.24) is 10.4 Å². The minimum absolute atomic E-state index is 0.910. The van der Waals surface area contributed by atoms with Gasteiger partial charge in [-0.15, -0.1) is 0 Å². The van der Waals surface area contributed by atoms with Crippen molar-refractivity contribution in [2.75, 3.05) is 13.6 Å². The molecule has 0 unspecified atom stereocenters. The lowest BCUT2D eigenvalue weighted by molar-refractivity contribution is 0.189. The zero-order valence-electron chi connectivity index (χ0n) is 7.68. The fraction of sp³-hybridized carbons (Fsp3) is 0.400. The number of halogens is 1. The highest BCUT2D eigenvalue weighted by molar-refractivity contribution is 6.31. The highest BCUT2D eigenvalue weighted by Gasteiger charge is 2.16. The summed E-state index contributed by atoms with van der Waals surface area (Å²) < 4.78 is 0. The van der Waals surface area contributed by atoms with Crippen LogP contribution in [0.25, 0.3) is 0 Å². The summed E-state index contributed by atoms with van der Waals surface area (Å²) in [6.07, 6.45) is 1.04. The van der Waals surface area contributed by atoms with Crippen LogP contribution in [-0.2, 0) is 13.0 Å². The minimum Gasteiger partial charge on any atom is -0.258 e. The number of hydrogen-bond donors (Lipinski definition) is 1. The summed E-state index contributed by atoms with van der Waals surface area (Å²) in [5, 5.41) is 3.10. The van der Waals surface area contributed by atoms with Crippen molar-refractivity contribution in [2.24, 2.45) is 0 Å². The van der Waals surface area contributed by atoms with Crippen LogP contribution in [0.15, 0.2) is 18.2 Å². The van der Waals surface area contributed by atoms with Crippen molar-refractivity contribution >= 4 is 11.6 Å². The van der Waals surface area contributed by atoms with Crippen LogP contribution in [0.2, 0.25) is 5.02 Å². The van der Waals surface area contributed by atoms with Crippen LogP contribution in [0.1, 0.15) is 11.1 Å². The van der Waals surface area contributed by atoms with Gasteiger partial charge in [0.1, 0.15) is 0 Å². The van der Waals surface area contributed by atoms with Crippen LogP contribution < -0.4 is 5.43 Å². The standard InChI is InChI=1S/C10H13ClN2/c1-12-13-6-5-9-8(7-13)3-2-4-10(9)11/h2-4,12H,5-7H2,1H3. The molecule has 1 aromatic carbocycles. The third-order valence-electron chi connectivity index (χ3n) is 2.53. The van der Waals surface area contributed by atoms with Gasteiger partial charge in [-0.2, -0.15) is 0 Å². The fourth-order valence-electron chi connectivity index (χ4n) is 1.75. The van der Waals surface area contributed by atoms with Crippen LogP contribution in [0.4, 0.5) is 0 Å². The summed E-state index contributed by atoms with van der Waals surface area (Å²) in [5.41, 5.74) is 5.81. The molecule has 2 nitrogen and oxygen atoms in total. The predicted molar refractivity (Wildman–Crippen MR) is 54.6 cm³/mol. The van der Waals surface area contributed by atoms with Gasteiger partial charge in [0.2, 0.25) is 0 Å². The topological polar surface area (TPSA) is 15.3 Å². The number of nitrogens with one attached hydrogen (secondary N) is 1. The molecule has 0 fully saturated rings. The van der Waals surface area contributed by atoms with Crippen LogP contribution in [0, 0.1) is 0 Å². The molecule has 70 valence electrons. The summed E-state index contributed by atoms with van der Waals surface area (Å²) in [6, 6.07) is 6.13. The molecule has 0 amide bonds. The monoisotopic (exact) mass is 196 g/mol. The van der Waals surface area contributed by atoms with E-state index in [1.165, 1.54) is 11.1 Å². The van der Waals surface area contributed by atoms with Crippen molar-refractivity contribution in [3.63, 3.8) is 0 Å².